The molecule has 1 fully saturated rings. The van der Waals surface area contributed by atoms with Crippen molar-refractivity contribution >= 4 is 22.9 Å². The Morgan fingerprint density at radius 2 is 1.60 bits per heavy atom. The SMILES string of the molecule is CC.CC.CC1CCCN(I)C(C)(C)C1. The summed E-state index contributed by atoms with van der Waals surface area (Å²) in [5.74, 6) is 0.907. The van der Waals surface area contributed by atoms with Crippen molar-refractivity contribution in [2.24, 2.45) is 5.92 Å². The quantitative estimate of drug-likeness (QED) is 0.432. The Labute approximate surface area is 112 Å². The average Bonchev–Trinajstić information content (AvgIpc) is 2.32. The topological polar surface area (TPSA) is 3.24 Å². The van der Waals surface area contributed by atoms with Crippen molar-refractivity contribution in [1.82, 2.24) is 3.11 Å². The first-order valence-electron chi connectivity index (χ1n) is 6.46. The van der Waals surface area contributed by atoms with E-state index in [2.05, 4.69) is 46.7 Å². The maximum Gasteiger partial charge on any atom is 0.0251 e. The Hall–Kier alpha value is 0.690. The Kier molecular flexibility index (Phi) is 11.9. The first-order chi connectivity index (χ1) is 7.02. The van der Waals surface area contributed by atoms with Crippen molar-refractivity contribution < 1.29 is 0 Å². The van der Waals surface area contributed by atoms with Crippen LogP contribution in [-0.4, -0.2) is 15.2 Å². The molecule has 0 aromatic heterocycles. The summed E-state index contributed by atoms with van der Waals surface area (Å²) in [5.41, 5.74) is 0.413. The summed E-state index contributed by atoms with van der Waals surface area (Å²) in [6.07, 6.45) is 4.12. The average molecular weight is 327 g/mol. The lowest BCUT2D eigenvalue weighted by Gasteiger charge is -2.32. The predicted octanol–water partition coefficient (Wildman–Crippen LogP) is 5.29. The molecule has 94 valence electrons. The number of hydrogen-bond donors (Lipinski definition) is 0. The summed E-state index contributed by atoms with van der Waals surface area (Å²) in [7, 11) is 0. The van der Waals surface area contributed by atoms with Gasteiger partial charge in [0.2, 0.25) is 0 Å². The van der Waals surface area contributed by atoms with E-state index in [1.165, 1.54) is 25.8 Å². The molecule has 0 radical (unpaired) electrons. The maximum absolute atomic E-state index is 2.47. The molecule has 1 atom stereocenters. The molecule has 0 amide bonds. The molecule has 0 aromatic carbocycles. The van der Waals surface area contributed by atoms with E-state index >= 15 is 0 Å². The highest BCUT2D eigenvalue weighted by atomic mass is 127. The van der Waals surface area contributed by atoms with Crippen LogP contribution in [0, 0.1) is 5.92 Å². The zero-order valence-corrected chi connectivity index (χ0v) is 13.9. The van der Waals surface area contributed by atoms with Gasteiger partial charge in [0.05, 0.1) is 0 Å². The van der Waals surface area contributed by atoms with E-state index < -0.39 is 0 Å². The predicted molar refractivity (Wildman–Crippen MR) is 80.5 cm³/mol. The Morgan fingerprint density at radius 3 is 2.07 bits per heavy atom. The minimum absolute atomic E-state index is 0.413. The van der Waals surface area contributed by atoms with Crippen LogP contribution < -0.4 is 0 Å². The molecule has 0 spiro atoms. The molecule has 1 unspecified atom stereocenters. The van der Waals surface area contributed by atoms with Crippen molar-refractivity contribution in [1.29, 1.82) is 0 Å². The highest BCUT2D eigenvalue weighted by Crippen LogP contribution is 2.32. The van der Waals surface area contributed by atoms with E-state index in [9.17, 15) is 0 Å². The van der Waals surface area contributed by atoms with Crippen molar-refractivity contribution in [2.75, 3.05) is 6.54 Å². The third-order valence-electron chi connectivity index (χ3n) is 2.56. The first kappa shape index (κ1) is 18.1. The molecule has 2 heteroatoms. The van der Waals surface area contributed by atoms with Gasteiger partial charge in [-0.1, -0.05) is 34.6 Å². The minimum atomic E-state index is 0.413. The molecule has 0 bridgehead atoms. The fourth-order valence-corrected chi connectivity index (χ4v) is 2.47. The van der Waals surface area contributed by atoms with Gasteiger partial charge in [-0.25, -0.2) is 3.11 Å². The van der Waals surface area contributed by atoms with Gasteiger partial charge in [0.15, 0.2) is 0 Å². The molecule has 1 heterocycles. The van der Waals surface area contributed by atoms with Crippen LogP contribution in [0.5, 0.6) is 0 Å². The van der Waals surface area contributed by atoms with Crippen LogP contribution in [-0.2, 0) is 0 Å². The third-order valence-corrected chi connectivity index (χ3v) is 4.34. The van der Waals surface area contributed by atoms with E-state index in [1.807, 2.05) is 27.7 Å². The smallest absolute Gasteiger partial charge is 0.0251 e. The summed E-state index contributed by atoms with van der Waals surface area (Å²) < 4.78 is 2.47. The highest BCUT2D eigenvalue weighted by Gasteiger charge is 2.29. The van der Waals surface area contributed by atoms with Gasteiger partial charge >= 0.3 is 0 Å². The second-order valence-corrected chi connectivity index (χ2v) is 5.51. The molecule has 15 heavy (non-hydrogen) atoms. The van der Waals surface area contributed by atoms with E-state index in [-0.39, 0.29) is 0 Å². The molecule has 1 rings (SSSR count). The van der Waals surface area contributed by atoms with Gasteiger partial charge < -0.3 is 0 Å². The Balaban J connectivity index is 0. The standard InChI is InChI=1S/C9H18IN.2C2H6/c1-8-5-4-6-11(10)9(2,3)7-8;2*1-2/h8H,4-7H2,1-3H3;2*1-2H3. The number of hydrogen-bond acceptors (Lipinski definition) is 1. The molecule has 0 aromatic rings. The fourth-order valence-electron chi connectivity index (χ4n) is 1.94. The number of nitrogens with zero attached hydrogens (tertiary/aromatic N) is 1. The monoisotopic (exact) mass is 327 g/mol. The number of rotatable bonds is 0. The second kappa shape index (κ2) is 9.88. The van der Waals surface area contributed by atoms with Crippen LogP contribution >= 0.6 is 22.9 Å². The molecular formula is C13H30IN. The van der Waals surface area contributed by atoms with Crippen LogP contribution in [0.3, 0.4) is 0 Å². The zero-order chi connectivity index (χ0) is 12.5. The Morgan fingerprint density at radius 1 is 1.13 bits per heavy atom. The van der Waals surface area contributed by atoms with Crippen LogP contribution in [0.25, 0.3) is 0 Å². The van der Waals surface area contributed by atoms with Crippen molar-refractivity contribution in [3.63, 3.8) is 0 Å². The van der Waals surface area contributed by atoms with Gasteiger partial charge in [-0.05, 0) is 39.0 Å². The second-order valence-electron chi connectivity index (χ2n) is 4.35. The van der Waals surface area contributed by atoms with Gasteiger partial charge in [0.25, 0.3) is 0 Å². The molecule has 1 nitrogen and oxygen atoms in total. The summed E-state index contributed by atoms with van der Waals surface area (Å²) >= 11 is 2.47. The first-order valence-corrected chi connectivity index (χ1v) is 7.42. The fraction of sp³-hybridized carbons (Fsp3) is 1.00. The summed E-state index contributed by atoms with van der Waals surface area (Å²) in [6.45, 7) is 16.3. The lowest BCUT2D eigenvalue weighted by molar-refractivity contribution is 0.254. The third kappa shape index (κ3) is 7.56. The van der Waals surface area contributed by atoms with E-state index in [0.29, 0.717) is 5.54 Å². The van der Waals surface area contributed by atoms with E-state index in [4.69, 9.17) is 0 Å². The lowest BCUT2D eigenvalue weighted by Crippen LogP contribution is -2.36. The normalized spacial score (nSPS) is 25.2. The molecule has 1 aliphatic heterocycles. The summed E-state index contributed by atoms with van der Waals surface area (Å²) in [4.78, 5) is 0. The van der Waals surface area contributed by atoms with Gasteiger partial charge in [0.1, 0.15) is 0 Å². The molecular weight excluding hydrogens is 297 g/mol. The maximum atomic E-state index is 2.47. The van der Waals surface area contributed by atoms with Gasteiger partial charge in [-0.15, -0.1) is 0 Å². The van der Waals surface area contributed by atoms with Crippen molar-refractivity contribution in [3.05, 3.63) is 0 Å². The van der Waals surface area contributed by atoms with Crippen LogP contribution in [0.4, 0.5) is 0 Å². The Bertz CT molecular complexity index is 134. The van der Waals surface area contributed by atoms with E-state index in [1.54, 1.807) is 0 Å². The van der Waals surface area contributed by atoms with Crippen LogP contribution in [0.2, 0.25) is 0 Å². The van der Waals surface area contributed by atoms with Gasteiger partial charge in [-0.2, -0.15) is 0 Å². The van der Waals surface area contributed by atoms with Gasteiger partial charge in [-0.3, -0.25) is 0 Å². The van der Waals surface area contributed by atoms with Crippen molar-refractivity contribution in [3.8, 4) is 0 Å². The molecule has 0 aliphatic carbocycles. The molecule has 1 aliphatic rings. The van der Waals surface area contributed by atoms with Crippen LogP contribution in [0.15, 0.2) is 0 Å². The molecule has 1 saturated heterocycles. The molecule has 0 saturated carbocycles. The highest BCUT2D eigenvalue weighted by molar-refractivity contribution is 14.1. The van der Waals surface area contributed by atoms with E-state index in [0.717, 1.165) is 5.92 Å². The minimum Gasteiger partial charge on any atom is -0.242 e. The largest absolute Gasteiger partial charge is 0.242 e. The molecule has 0 N–H and O–H groups in total. The lowest BCUT2D eigenvalue weighted by atomic mass is 9.91. The van der Waals surface area contributed by atoms with Gasteiger partial charge in [0, 0.05) is 34.9 Å². The number of halogens is 1. The van der Waals surface area contributed by atoms with Crippen molar-refractivity contribution in [2.45, 2.75) is 73.3 Å². The summed E-state index contributed by atoms with van der Waals surface area (Å²) in [5, 5.41) is 0. The summed E-state index contributed by atoms with van der Waals surface area (Å²) in [6, 6.07) is 0. The van der Waals surface area contributed by atoms with Crippen LogP contribution in [0.1, 0.15) is 67.7 Å². The zero-order valence-electron chi connectivity index (χ0n) is 11.7.